The summed E-state index contributed by atoms with van der Waals surface area (Å²) in [4.78, 5) is 9.49. The van der Waals surface area contributed by atoms with E-state index in [-0.39, 0.29) is 0 Å². The number of halogens is 9. The molecule has 1 atom stereocenters. The molecule has 0 aromatic rings. The van der Waals surface area contributed by atoms with Crippen LogP contribution in [-0.2, 0) is 4.79 Å². The second-order valence-corrected chi connectivity index (χ2v) is 2.40. The average molecular weight is 248 g/mol. The third-order valence-corrected chi connectivity index (χ3v) is 1.39. The molecule has 0 rings (SSSR count). The van der Waals surface area contributed by atoms with Gasteiger partial charge in [0.15, 0.2) is 6.29 Å². The molecule has 0 radical (unpaired) electrons. The molecule has 0 saturated heterocycles. The van der Waals surface area contributed by atoms with Crippen LogP contribution < -0.4 is 0 Å². The lowest BCUT2D eigenvalue weighted by atomic mass is 9.98. The van der Waals surface area contributed by atoms with Crippen LogP contribution in [0.5, 0.6) is 0 Å². The summed E-state index contributed by atoms with van der Waals surface area (Å²) in [5, 5.41) is 0. The van der Waals surface area contributed by atoms with Crippen LogP contribution in [0.15, 0.2) is 0 Å². The zero-order valence-corrected chi connectivity index (χ0v) is 6.39. The van der Waals surface area contributed by atoms with Crippen molar-refractivity contribution in [2.24, 2.45) is 0 Å². The molecule has 0 N–H and O–H groups in total. The van der Waals surface area contributed by atoms with E-state index in [0.717, 1.165) is 0 Å². The highest BCUT2D eigenvalue weighted by molar-refractivity contribution is 5.66. The number of aldehydes is 1. The summed E-state index contributed by atoms with van der Waals surface area (Å²) < 4.78 is 105. The maximum absolute atomic E-state index is 12.3. The Morgan fingerprint density at radius 1 is 0.667 bits per heavy atom. The lowest BCUT2D eigenvalue weighted by Crippen LogP contribution is -2.63. The van der Waals surface area contributed by atoms with E-state index < -0.39 is 30.2 Å². The second kappa shape index (κ2) is 3.27. The van der Waals surface area contributed by atoms with Crippen molar-refractivity contribution >= 4 is 6.29 Å². The Bertz CT molecular complexity index is 250. The largest absolute Gasteiger partial charge is 0.457 e. The summed E-state index contributed by atoms with van der Waals surface area (Å²) in [5.41, 5.74) is -6.28. The molecule has 0 spiro atoms. The Labute approximate surface area is 75.9 Å². The van der Waals surface area contributed by atoms with Gasteiger partial charge in [0.25, 0.3) is 0 Å². The van der Waals surface area contributed by atoms with Gasteiger partial charge in [-0.1, -0.05) is 0 Å². The molecule has 0 aliphatic carbocycles. The van der Waals surface area contributed by atoms with Crippen molar-refractivity contribution in [1.82, 2.24) is 0 Å². The topological polar surface area (TPSA) is 17.1 Å². The van der Waals surface area contributed by atoms with E-state index in [9.17, 15) is 44.3 Å². The minimum absolute atomic E-state index is 2.11. The monoisotopic (exact) mass is 248 g/mol. The van der Waals surface area contributed by atoms with Gasteiger partial charge in [-0.05, 0) is 0 Å². The van der Waals surface area contributed by atoms with Crippen LogP contribution in [0.4, 0.5) is 39.5 Å². The van der Waals surface area contributed by atoms with Gasteiger partial charge >= 0.3 is 23.9 Å². The van der Waals surface area contributed by atoms with Gasteiger partial charge in [0.05, 0.1) is 0 Å². The molecule has 0 bridgehead atoms. The van der Waals surface area contributed by atoms with Gasteiger partial charge in [-0.3, -0.25) is 4.79 Å². The molecule has 0 aromatic heterocycles. The normalized spacial score (nSPS) is 18.5. The number of alkyl halides is 9. The Balaban J connectivity index is 5.61. The molecule has 0 aliphatic rings. The van der Waals surface area contributed by atoms with Gasteiger partial charge in [-0.15, -0.1) is 0 Å². The van der Waals surface area contributed by atoms with Crippen molar-refractivity contribution in [2.45, 2.75) is 23.9 Å². The summed E-state index contributed by atoms with van der Waals surface area (Å²) >= 11 is 0. The van der Waals surface area contributed by atoms with Gasteiger partial charge in [0.2, 0.25) is 0 Å². The fourth-order valence-corrected chi connectivity index (χ4v) is 0.525. The molecule has 10 heteroatoms. The first-order valence-electron chi connectivity index (χ1n) is 2.98. The Hall–Kier alpha value is -0.960. The van der Waals surface area contributed by atoms with E-state index in [1.807, 2.05) is 0 Å². The molecule has 0 heterocycles. The lowest BCUT2D eigenvalue weighted by Gasteiger charge is -2.31. The molecule has 0 amide bonds. The zero-order chi connectivity index (χ0) is 12.7. The van der Waals surface area contributed by atoms with Crippen LogP contribution in [0.2, 0.25) is 0 Å². The third kappa shape index (κ3) is 1.88. The van der Waals surface area contributed by atoms with Crippen molar-refractivity contribution in [3.63, 3.8) is 0 Å². The number of rotatable bonds is 2. The van der Waals surface area contributed by atoms with E-state index in [4.69, 9.17) is 0 Å². The van der Waals surface area contributed by atoms with E-state index in [0.29, 0.717) is 0 Å². The molecule has 0 saturated carbocycles. The fourth-order valence-electron chi connectivity index (χ4n) is 0.525. The van der Waals surface area contributed by atoms with E-state index in [1.54, 1.807) is 0 Å². The molecule has 0 fully saturated rings. The summed E-state index contributed by atoms with van der Waals surface area (Å²) in [6.45, 7) is 0. The van der Waals surface area contributed by atoms with E-state index >= 15 is 0 Å². The molecule has 90 valence electrons. The Kier molecular flexibility index (Phi) is 3.06. The zero-order valence-electron chi connectivity index (χ0n) is 6.39. The van der Waals surface area contributed by atoms with E-state index in [1.165, 1.54) is 0 Å². The summed E-state index contributed by atoms with van der Waals surface area (Å²) in [5.74, 6) is -6.83. The molecule has 0 aromatic carbocycles. The fraction of sp³-hybridized carbons (Fsp3) is 0.800. The van der Waals surface area contributed by atoms with Crippen molar-refractivity contribution in [1.29, 1.82) is 0 Å². The minimum atomic E-state index is -6.83. The van der Waals surface area contributed by atoms with Crippen molar-refractivity contribution < 1.29 is 44.3 Å². The van der Waals surface area contributed by atoms with Crippen LogP contribution >= 0.6 is 0 Å². The van der Waals surface area contributed by atoms with Crippen molar-refractivity contribution in [3.8, 4) is 0 Å². The van der Waals surface area contributed by atoms with E-state index in [2.05, 4.69) is 0 Å². The molecule has 15 heavy (non-hydrogen) atoms. The van der Waals surface area contributed by atoms with Crippen LogP contribution in [0.25, 0.3) is 0 Å². The van der Waals surface area contributed by atoms with Crippen LogP contribution in [0.1, 0.15) is 0 Å². The summed E-state index contributed by atoms with van der Waals surface area (Å²) in [7, 11) is 0. The SMILES string of the molecule is O=CC(F)(C(F)(F)F)C(F)(F)C(F)(F)F. The van der Waals surface area contributed by atoms with Gasteiger partial charge < -0.3 is 0 Å². The molecule has 0 aliphatic heterocycles. The first-order chi connectivity index (χ1) is 6.31. The number of carbonyl (C=O) groups excluding carboxylic acids is 1. The molecule has 1 nitrogen and oxygen atoms in total. The molecule has 1 unspecified atom stereocenters. The molecular formula is C5HF9O. The smallest absolute Gasteiger partial charge is 0.299 e. The second-order valence-electron chi connectivity index (χ2n) is 2.40. The summed E-state index contributed by atoms with van der Waals surface area (Å²) in [6.07, 6.45) is -15.6. The highest BCUT2D eigenvalue weighted by Gasteiger charge is 2.81. The Morgan fingerprint density at radius 2 is 1.00 bits per heavy atom. The number of hydrogen-bond acceptors (Lipinski definition) is 1. The van der Waals surface area contributed by atoms with Crippen molar-refractivity contribution in [3.05, 3.63) is 0 Å². The minimum Gasteiger partial charge on any atom is -0.299 e. The quantitative estimate of drug-likeness (QED) is 0.542. The highest BCUT2D eigenvalue weighted by Crippen LogP contribution is 2.51. The maximum atomic E-state index is 12.3. The average Bonchev–Trinajstić information content (AvgIpc) is 1.98. The standard InChI is InChI=1S/C5HF9O/c6-2(1-15,4(9,10)11)3(7,8)5(12,13)14/h1H. The first-order valence-corrected chi connectivity index (χ1v) is 2.98. The Morgan fingerprint density at radius 3 is 1.07 bits per heavy atom. The van der Waals surface area contributed by atoms with Gasteiger partial charge in [-0.25, -0.2) is 4.39 Å². The molecular weight excluding hydrogens is 247 g/mol. The maximum Gasteiger partial charge on any atom is 0.457 e. The third-order valence-electron chi connectivity index (χ3n) is 1.39. The van der Waals surface area contributed by atoms with Crippen LogP contribution in [-0.4, -0.2) is 30.2 Å². The first kappa shape index (κ1) is 14.0. The predicted molar refractivity (Wildman–Crippen MR) is 27.0 cm³/mol. The predicted octanol–water partition coefficient (Wildman–Crippen LogP) is 2.65. The highest BCUT2D eigenvalue weighted by atomic mass is 19.4. The van der Waals surface area contributed by atoms with Gasteiger partial charge in [0, 0.05) is 0 Å². The lowest BCUT2D eigenvalue weighted by molar-refractivity contribution is -0.367. The van der Waals surface area contributed by atoms with Gasteiger partial charge in [-0.2, -0.15) is 35.1 Å². The number of hydrogen-bond donors (Lipinski definition) is 0. The van der Waals surface area contributed by atoms with Crippen LogP contribution in [0, 0.1) is 0 Å². The van der Waals surface area contributed by atoms with Crippen LogP contribution in [0.3, 0.4) is 0 Å². The van der Waals surface area contributed by atoms with Gasteiger partial charge in [0.1, 0.15) is 0 Å². The van der Waals surface area contributed by atoms with Crippen molar-refractivity contribution in [2.75, 3.05) is 0 Å². The number of carbonyl (C=O) groups is 1. The summed E-state index contributed by atoms with van der Waals surface area (Å²) in [6, 6.07) is 0.